The Morgan fingerprint density at radius 2 is 2.03 bits per heavy atom. The number of hydrogen-bond acceptors (Lipinski definition) is 7. The molecule has 0 spiro atoms. The second-order valence-electron chi connectivity index (χ2n) is 8.12. The molecule has 2 aliphatic rings. The van der Waals surface area contributed by atoms with Gasteiger partial charge in [-0.05, 0) is 49.6 Å². The van der Waals surface area contributed by atoms with Crippen LogP contribution in [0.5, 0.6) is 5.75 Å². The van der Waals surface area contributed by atoms with Gasteiger partial charge in [0.2, 0.25) is 5.88 Å². The lowest BCUT2D eigenvalue weighted by Gasteiger charge is -2.29. The summed E-state index contributed by atoms with van der Waals surface area (Å²) in [6, 6.07) is 11.9. The molecule has 2 aromatic heterocycles. The van der Waals surface area contributed by atoms with E-state index in [-0.39, 0.29) is 23.2 Å². The zero-order chi connectivity index (χ0) is 22.2. The monoisotopic (exact) mass is 429 g/mol. The SMILES string of the molecule is CC(C)OC(=O)c1c(N2CCc3ccccc3C2)oc(C=C2C=Nc3ncccc32)c1O. The maximum Gasteiger partial charge on any atom is 0.347 e. The molecule has 4 heterocycles. The van der Waals surface area contributed by atoms with Crippen molar-refractivity contribution in [3.63, 3.8) is 0 Å². The third-order valence-corrected chi connectivity index (χ3v) is 5.57. The van der Waals surface area contributed by atoms with Crippen LogP contribution in [0.15, 0.2) is 52.0 Å². The molecule has 0 bridgehead atoms. The number of nitrogens with zero attached hydrogens (tertiary/aromatic N) is 3. The summed E-state index contributed by atoms with van der Waals surface area (Å²) in [7, 11) is 0. The number of hydrogen-bond donors (Lipinski definition) is 1. The Kier molecular flexibility index (Phi) is 5.01. The minimum absolute atomic E-state index is 0.0475. The highest BCUT2D eigenvalue weighted by molar-refractivity contribution is 6.21. The second kappa shape index (κ2) is 8.00. The van der Waals surface area contributed by atoms with Crippen LogP contribution >= 0.6 is 0 Å². The lowest BCUT2D eigenvalue weighted by molar-refractivity contribution is 0.0375. The van der Waals surface area contributed by atoms with Crippen LogP contribution in [0.2, 0.25) is 0 Å². The average molecular weight is 429 g/mol. The van der Waals surface area contributed by atoms with Crippen molar-refractivity contribution in [2.24, 2.45) is 4.99 Å². The van der Waals surface area contributed by atoms with Crippen molar-refractivity contribution < 1.29 is 19.1 Å². The summed E-state index contributed by atoms with van der Waals surface area (Å²) in [5, 5.41) is 11.0. The lowest BCUT2D eigenvalue weighted by atomic mass is 10.00. The number of allylic oxidation sites excluding steroid dienone is 1. The summed E-state index contributed by atoms with van der Waals surface area (Å²) >= 11 is 0. The van der Waals surface area contributed by atoms with Gasteiger partial charge in [0.25, 0.3) is 0 Å². The summed E-state index contributed by atoms with van der Waals surface area (Å²) in [6.45, 7) is 4.78. The number of pyridine rings is 1. The molecule has 0 saturated carbocycles. The van der Waals surface area contributed by atoms with Gasteiger partial charge in [-0.2, -0.15) is 0 Å². The van der Waals surface area contributed by atoms with Crippen LogP contribution < -0.4 is 4.90 Å². The highest BCUT2D eigenvalue weighted by Crippen LogP contribution is 2.41. The largest absolute Gasteiger partial charge is 0.504 e. The van der Waals surface area contributed by atoms with E-state index in [0.29, 0.717) is 24.8 Å². The molecule has 3 aromatic rings. The van der Waals surface area contributed by atoms with Crippen LogP contribution in [-0.4, -0.2) is 34.9 Å². The Labute approximate surface area is 185 Å². The topological polar surface area (TPSA) is 88.2 Å². The Bertz CT molecular complexity index is 1260. The third kappa shape index (κ3) is 3.56. The molecule has 0 aliphatic carbocycles. The van der Waals surface area contributed by atoms with Crippen LogP contribution in [0.25, 0.3) is 11.6 Å². The molecule has 0 radical (unpaired) electrons. The maximum absolute atomic E-state index is 12.9. The number of esters is 1. The number of ether oxygens (including phenoxy) is 1. The van der Waals surface area contributed by atoms with Crippen molar-refractivity contribution in [3.05, 3.63) is 70.6 Å². The predicted molar refractivity (Wildman–Crippen MR) is 122 cm³/mol. The Hall–Kier alpha value is -3.87. The molecular formula is C25H23N3O4. The van der Waals surface area contributed by atoms with Crippen molar-refractivity contribution in [1.82, 2.24) is 4.98 Å². The first-order valence-electron chi connectivity index (χ1n) is 10.6. The Morgan fingerprint density at radius 1 is 1.22 bits per heavy atom. The van der Waals surface area contributed by atoms with Gasteiger partial charge in [-0.1, -0.05) is 24.3 Å². The third-order valence-electron chi connectivity index (χ3n) is 5.57. The fourth-order valence-electron chi connectivity index (χ4n) is 4.06. The van der Waals surface area contributed by atoms with Gasteiger partial charge in [0.1, 0.15) is 0 Å². The van der Waals surface area contributed by atoms with Crippen molar-refractivity contribution in [1.29, 1.82) is 0 Å². The van der Waals surface area contributed by atoms with Crippen molar-refractivity contribution in [2.75, 3.05) is 11.4 Å². The Balaban J connectivity index is 1.57. The van der Waals surface area contributed by atoms with E-state index in [4.69, 9.17) is 9.15 Å². The zero-order valence-corrected chi connectivity index (χ0v) is 17.9. The molecule has 0 amide bonds. The highest BCUT2D eigenvalue weighted by atomic mass is 16.5. The Morgan fingerprint density at radius 3 is 2.84 bits per heavy atom. The van der Waals surface area contributed by atoms with E-state index in [1.165, 1.54) is 11.1 Å². The molecule has 32 heavy (non-hydrogen) atoms. The number of fused-ring (bicyclic) bond motifs is 2. The van der Waals surface area contributed by atoms with Crippen LogP contribution in [0, 0.1) is 0 Å². The maximum atomic E-state index is 12.9. The highest BCUT2D eigenvalue weighted by Gasteiger charge is 2.32. The normalized spacial score (nSPS) is 15.8. The standard InChI is InChI=1S/C25H23N3O4/c1-15(2)31-25(30)21-22(29)20(12-18-13-27-23-19(18)8-5-10-26-23)32-24(21)28-11-9-16-6-3-4-7-17(16)14-28/h3-8,10,12-13,15,29H,9,11,14H2,1-2H3. The smallest absolute Gasteiger partial charge is 0.347 e. The number of carbonyl (C=O) groups is 1. The summed E-state index contributed by atoms with van der Waals surface area (Å²) < 4.78 is 11.5. The van der Waals surface area contributed by atoms with Crippen LogP contribution in [-0.2, 0) is 17.7 Å². The molecule has 1 N–H and O–H groups in total. The molecule has 0 saturated heterocycles. The van der Waals surface area contributed by atoms with E-state index in [0.717, 1.165) is 17.6 Å². The summed E-state index contributed by atoms with van der Waals surface area (Å²) in [4.78, 5) is 23.4. The second-order valence-corrected chi connectivity index (χ2v) is 8.12. The minimum atomic E-state index is -0.609. The predicted octanol–water partition coefficient (Wildman–Crippen LogP) is 4.76. The first-order valence-corrected chi connectivity index (χ1v) is 10.6. The first kappa shape index (κ1) is 20.1. The zero-order valence-electron chi connectivity index (χ0n) is 17.9. The summed E-state index contributed by atoms with van der Waals surface area (Å²) in [5.74, 6) is 0.269. The average Bonchev–Trinajstić information content (AvgIpc) is 3.34. The number of aromatic nitrogens is 1. The van der Waals surface area contributed by atoms with E-state index in [1.807, 2.05) is 29.2 Å². The van der Waals surface area contributed by atoms with Gasteiger partial charge >= 0.3 is 5.97 Å². The molecule has 0 fully saturated rings. The van der Waals surface area contributed by atoms with Gasteiger partial charge in [-0.25, -0.2) is 14.8 Å². The molecule has 7 heteroatoms. The lowest BCUT2D eigenvalue weighted by Crippen LogP contribution is -2.31. The van der Waals surface area contributed by atoms with Gasteiger partial charge in [0, 0.05) is 36.6 Å². The molecule has 0 unspecified atom stereocenters. The first-order chi connectivity index (χ1) is 15.5. The number of aliphatic imine (C=N–C) groups is 1. The minimum Gasteiger partial charge on any atom is -0.504 e. The molecule has 2 aliphatic heterocycles. The van der Waals surface area contributed by atoms with E-state index < -0.39 is 5.97 Å². The van der Waals surface area contributed by atoms with Gasteiger partial charge in [0.15, 0.2) is 22.9 Å². The molecular weight excluding hydrogens is 406 g/mol. The molecule has 5 rings (SSSR count). The number of benzene rings is 1. The number of aromatic hydroxyl groups is 1. The molecule has 7 nitrogen and oxygen atoms in total. The van der Waals surface area contributed by atoms with Gasteiger partial charge in [-0.3, -0.25) is 0 Å². The number of furan rings is 1. The number of carbonyl (C=O) groups excluding carboxylic acids is 1. The van der Waals surface area contributed by atoms with Crippen LogP contribution in [0.3, 0.4) is 0 Å². The van der Waals surface area contributed by atoms with Crippen molar-refractivity contribution in [2.45, 2.75) is 32.9 Å². The number of rotatable bonds is 4. The quantitative estimate of drug-likeness (QED) is 0.602. The fraction of sp³-hybridized carbons (Fsp3) is 0.240. The molecule has 0 atom stereocenters. The van der Waals surface area contributed by atoms with E-state index in [2.05, 4.69) is 22.1 Å². The summed E-state index contributed by atoms with van der Waals surface area (Å²) in [6.07, 6.45) is 5.52. The van der Waals surface area contributed by atoms with Crippen LogP contribution in [0.4, 0.5) is 11.7 Å². The van der Waals surface area contributed by atoms with Gasteiger partial charge < -0.3 is 19.2 Å². The van der Waals surface area contributed by atoms with Gasteiger partial charge in [-0.15, -0.1) is 0 Å². The molecule has 1 aromatic carbocycles. The fourth-order valence-corrected chi connectivity index (χ4v) is 4.06. The summed E-state index contributed by atoms with van der Waals surface area (Å²) in [5.41, 5.74) is 4.07. The van der Waals surface area contributed by atoms with E-state index in [1.54, 1.807) is 32.3 Å². The molecule has 162 valence electrons. The van der Waals surface area contributed by atoms with Gasteiger partial charge in [0.05, 0.1) is 6.10 Å². The van der Waals surface area contributed by atoms with Crippen LogP contribution in [0.1, 0.15) is 46.7 Å². The number of anilines is 1. The van der Waals surface area contributed by atoms with E-state index in [9.17, 15) is 9.90 Å². The van der Waals surface area contributed by atoms with Crippen molar-refractivity contribution >= 4 is 35.5 Å². The van der Waals surface area contributed by atoms with Crippen molar-refractivity contribution in [3.8, 4) is 5.75 Å². The van der Waals surface area contributed by atoms with E-state index >= 15 is 0 Å².